The largest absolute Gasteiger partial charge is 0.324 e. The number of nitrogens with one attached hydrogen (secondary N) is 3. The van der Waals surface area contributed by atoms with Crippen LogP contribution in [-0.4, -0.2) is 30.0 Å². The summed E-state index contributed by atoms with van der Waals surface area (Å²) in [4.78, 5) is 12.4. The van der Waals surface area contributed by atoms with Gasteiger partial charge < -0.3 is 5.43 Å². The highest BCUT2D eigenvalue weighted by molar-refractivity contribution is 5.82. The Kier molecular flexibility index (Phi) is 3.84. The van der Waals surface area contributed by atoms with Crippen LogP contribution >= 0.6 is 0 Å². The van der Waals surface area contributed by atoms with E-state index in [4.69, 9.17) is 0 Å². The lowest BCUT2D eigenvalue weighted by molar-refractivity contribution is -0.129. The zero-order valence-corrected chi connectivity index (χ0v) is 11.2. The van der Waals surface area contributed by atoms with E-state index in [2.05, 4.69) is 39.5 Å². The maximum absolute atomic E-state index is 12.4. The van der Waals surface area contributed by atoms with Crippen LogP contribution in [0.15, 0.2) is 23.9 Å². The van der Waals surface area contributed by atoms with Crippen LogP contribution < -0.4 is 16.3 Å². The van der Waals surface area contributed by atoms with E-state index < -0.39 is 0 Å². The van der Waals surface area contributed by atoms with Crippen LogP contribution in [0.1, 0.15) is 32.1 Å². The summed E-state index contributed by atoms with van der Waals surface area (Å²) < 4.78 is 0. The standard InChI is InChI=1S/C14H22N4O/c19-14(17-18-9-5-2-6-10-18)13-11-7-3-1-4-8-12(11)15-16-13/h1,4,8,11,13,15-16H,2-3,5-7,9-10H2,(H,17,19). The van der Waals surface area contributed by atoms with Crippen molar-refractivity contribution in [2.45, 2.75) is 38.1 Å². The van der Waals surface area contributed by atoms with E-state index >= 15 is 0 Å². The molecule has 5 nitrogen and oxygen atoms in total. The molecule has 2 unspecified atom stereocenters. The first-order chi connectivity index (χ1) is 9.34. The molecule has 2 saturated heterocycles. The molecule has 1 aliphatic carbocycles. The quantitative estimate of drug-likeness (QED) is 0.690. The first kappa shape index (κ1) is 12.7. The molecule has 0 bridgehead atoms. The zero-order valence-electron chi connectivity index (χ0n) is 11.2. The SMILES string of the molecule is O=C(NN1CCCCC1)C1NNC2=CC=CCCC21. The van der Waals surface area contributed by atoms with E-state index in [1.165, 1.54) is 19.3 Å². The third-order valence-corrected chi connectivity index (χ3v) is 4.14. The van der Waals surface area contributed by atoms with Gasteiger partial charge in [-0.25, -0.2) is 10.4 Å². The molecular weight excluding hydrogens is 240 g/mol. The fourth-order valence-corrected chi connectivity index (χ4v) is 3.04. The van der Waals surface area contributed by atoms with Gasteiger partial charge in [-0.05, 0) is 31.8 Å². The molecule has 1 amide bonds. The van der Waals surface area contributed by atoms with Crippen molar-refractivity contribution >= 4 is 5.91 Å². The van der Waals surface area contributed by atoms with Gasteiger partial charge in [-0.3, -0.25) is 10.2 Å². The first-order valence-corrected chi connectivity index (χ1v) is 7.28. The smallest absolute Gasteiger partial charge is 0.253 e. The summed E-state index contributed by atoms with van der Waals surface area (Å²) in [6.45, 7) is 1.95. The Morgan fingerprint density at radius 1 is 1.32 bits per heavy atom. The summed E-state index contributed by atoms with van der Waals surface area (Å²) in [5, 5.41) is 2.06. The maximum atomic E-state index is 12.4. The Balaban J connectivity index is 1.60. The Hall–Kier alpha value is -1.33. The molecule has 3 rings (SSSR count). The van der Waals surface area contributed by atoms with Crippen molar-refractivity contribution in [2.75, 3.05) is 13.1 Å². The number of allylic oxidation sites excluding steroid dienone is 3. The Bertz CT molecular complexity index is 398. The normalized spacial score (nSPS) is 31.1. The van der Waals surface area contributed by atoms with Crippen LogP contribution in [0, 0.1) is 5.92 Å². The molecule has 2 heterocycles. The number of hydrogen-bond donors (Lipinski definition) is 3. The molecule has 2 fully saturated rings. The van der Waals surface area contributed by atoms with Crippen LogP contribution in [0.3, 0.4) is 0 Å². The second-order valence-electron chi connectivity index (χ2n) is 5.50. The summed E-state index contributed by atoms with van der Waals surface area (Å²) in [6.07, 6.45) is 12.0. The average Bonchev–Trinajstić information content (AvgIpc) is 2.69. The molecule has 19 heavy (non-hydrogen) atoms. The van der Waals surface area contributed by atoms with E-state index in [9.17, 15) is 4.79 Å². The number of amides is 1. The minimum Gasteiger partial charge on any atom is -0.324 e. The second-order valence-corrected chi connectivity index (χ2v) is 5.50. The van der Waals surface area contributed by atoms with Crippen LogP contribution in [0.5, 0.6) is 0 Å². The Morgan fingerprint density at radius 2 is 2.16 bits per heavy atom. The summed E-state index contributed by atoms with van der Waals surface area (Å²) in [7, 11) is 0. The van der Waals surface area contributed by atoms with Gasteiger partial charge in [0.2, 0.25) is 0 Å². The fourth-order valence-electron chi connectivity index (χ4n) is 3.04. The highest BCUT2D eigenvalue weighted by Gasteiger charge is 2.36. The van der Waals surface area contributed by atoms with E-state index in [-0.39, 0.29) is 17.9 Å². The van der Waals surface area contributed by atoms with Crippen molar-refractivity contribution in [2.24, 2.45) is 5.92 Å². The van der Waals surface area contributed by atoms with E-state index in [0.717, 1.165) is 31.6 Å². The molecular formula is C14H22N4O. The molecule has 0 aromatic rings. The van der Waals surface area contributed by atoms with Gasteiger partial charge in [-0.15, -0.1) is 0 Å². The molecule has 0 saturated carbocycles. The topological polar surface area (TPSA) is 56.4 Å². The average molecular weight is 262 g/mol. The highest BCUT2D eigenvalue weighted by Crippen LogP contribution is 2.26. The van der Waals surface area contributed by atoms with Crippen molar-refractivity contribution in [3.05, 3.63) is 23.9 Å². The molecule has 0 radical (unpaired) electrons. The number of nitrogens with zero attached hydrogens (tertiary/aromatic N) is 1. The number of hydrazine groups is 2. The maximum Gasteiger partial charge on any atom is 0.253 e. The van der Waals surface area contributed by atoms with Crippen molar-refractivity contribution in [3.8, 4) is 0 Å². The van der Waals surface area contributed by atoms with Crippen LogP contribution in [0.25, 0.3) is 0 Å². The zero-order chi connectivity index (χ0) is 13.1. The lowest BCUT2D eigenvalue weighted by Crippen LogP contribution is -2.53. The van der Waals surface area contributed by atoms with Crippen molar-refractivity contribution in [1.29, 1.82) is 0 Å². The number of rotatable bonds is 2. The minimum atomic E-state index is -0.159. The number of fused-ring (bicyclic) bond motifs is 1. The third kappa shape index (κ3) is 2.82. The van der Waals surface area contributed by atoms with Gasteiger partial charge in [0.05, 0.1) is 0 Å². The molecule has 0 aromatic carbocycles. The summed E-state index contributed by atoms with van der Waals surface area (Å²) >= 11 is 0. The van der Waals surface area contributed by atoms with Crippen LogP contribution in [-0.2, 0) is 4.79 Å². The van der Waals surface area contributed by atoms with Gasteiger partial charge in [0.1, 0.15) is 6.04 Å². The predicted molar refractivity (Wildman–Crippen MR) is 73.6 cm³/mol. The summed E-state index contributed by atoms with van der Waals surface area (Å²) in [5.41, 5.74) is 10.5. The molecule has 5 heteroatoms. The monoisotopic (exact) mass is 262 g/mol. The fraction of sp³-hybridized carbons (Fsp3) is 0.643. The van der Waals surface area contributed by atoms with Gasteiger partial charge in [0, 0.05) is 24.7 Å². The summed E-state index contributed by atoms with van der Waals surface area (Å²) in [5.74, 6) is 0.351. The second kappa shape index (κ2) is 5.75. The minimum absolute atomic E-state index is 0.0877. The molecule has 104 valence electrons. The summed E-state index contributed by atoms with van der Waals surface area (Å²) in [6, 6.07) is -0.159. The van der Waals surface area contributed by atoms with Crippen LogP contribution in [0.4, 0.5) is 0 Å². The predicted octanol–water partition coefficient (Wildman–Crippen LogP) is 0.830. The first-order valence-electron chi connectivity index (χ1n) is 7.28. The Morgan fingerprint density at radius 3 is 3.00 bits per heavy atom. The number of piperidine rings is 1. The lowest BCUT2D eigenvalue weighted by atomic mass is 9.94. The Labute approximate surface area is 114 Å². The number of hydrogen-bond acceptors (Lipinski definition) is 4. The van der Waals surface area contributed by atoms with Crippen molar-refractivity contribution < 1.29 is 4.79 Å². The molecule has 0 aromatic heterocycles. The van der Waals surface area contributed by atoms with Gasteiger partial charge in [0.15, 0.2) is 0 Å². The van der Waals surface area contributed by atoms with Crippen molar-refractivity contribution in [1.82, 2.24) is 21.3 Å². The third-order valence-electron chi connectivity index (χ3n) is 4.14. The number of carbonyl (C=O) groups excluding carboxylic acids is 1. The highest BCUT2D eigenvalue weighted by atomic mass is 16.2. The van der Waals surface area contributed by atoms with E-state index in [1.807, 2.05) is 0 Å². The molecule has 3 aliphatic rings. The molecule has 3 N–H and O–H groups in total. The molecule has 2 atom stereocenters. The number of carbonyl (C=O) groups is 1. The van der Waals surface area contributed by atoms with Crippen LogP contribution in [0.2, 0.25) is 0 Å². The van der Waals surface area contributed by atoms with Gasteiger partial charge >= 0.3 is 0 Å². The molecule has 0 spiro atoms. The van der Waals surface area contributed by atoms with Gasteiger partial charge in [-0.1, -0.05) is 18.6 Å². The van der Waals surface area contributed by atoms with Gasteiger partial charge in [0.25, 0.3) is 5.91 Å². The lowest BCUT2D eigenvalue weighted by Gasteiger charge is -2.28. The molecule has 2 aliphatic heterocycles. The van der Waals surface area contributed by atoms with Gasteiger partial charge in [-0.2, -0.15) is 0 Å². The van der Waals surface area contributed by atoms with E-state index in [1.54, 1.807) is 0 Å². The van der Waals surface area contributed by atoms with E-state index in [0.29, 0.717) is 0 Å². The van der Waals surface area contributed by atoms with Crippen molar-refractivity contribution in [3.63, 3.8) is 0 Å².